The molecule has 1 heterocycles. The van der Waals surface area contributed by atoms with Crippen LogP contribution in [-0.2, 0) is 4.74 Å². The summed E-state index contributed by atoms with van der Waals surface area (Å²) in [5, 5.41) is 9.07. The van der Waals surface area contributed by atoms with Crippen LogP contribution in [0, 0.1) is 5.41 Å². The fraction of sp³-hybridized carbons (Fsp3) is 0.636. The van der Waals surface area contributed by atoms with Crippen molar-refractivity contribution < 1.29 is 9.53 Å². The molecule has 0 saturated heterocycles. The van der Waals surface area contributed by atoms with Crippen LogP contribution in [-0.4, -0.2) is 36.4 Å². The van der Waals surface area contributed by atoms with E-state index in [2.05, 4.69) is 29.4 Å². The molecule has 1 rings (SSSR count). The molecule has 17 heavy (non-hydrogen) atoms. The lowest BCUT2D eigenvalue weighted by Crippen LogP contribution is -2.34. The zero-order chi connectivity index (χ0) is 12.9. The summed E-state index contributed by atoms with van der Waals surface area (Å²) in [4.78, 5) is 11.8. The van der Waals surface area contributed by atoms with Crippen molar-refractivity contribution in [3.8, 4) is 0 Å². The molecule has 1 aromatic rings. The highest BCUT2D eigenvalue weighted by atomic mass is 16.5. The first kappa shape index (κ1) is 13.5. The number of H-pyrrole nitrogens is 1. The number of nitrogens with one attached hydrogen (secondary N) is 2. The minimum absolute atomic E-state index is 0.00975. The molecule has 6 heteroatoms. The van der Waals surface area contributed by atoms with Gasteiger partial charge in [0.2, 0.25) is 0 Å². The zero-order valence-corrected chi connectivity index (χ0v) is 10.5. The topological polar surface area (TPSA) is 93.0 Å². The molecule has 0 aliphatic carbocycles. The van der Waals surface area contributed by atoms with Crippen LogP contribution < -0.4 is 11.1 Å². The lowest BCUT2D eigenvalue weighted by molar-refractivity contribution is 0.0922. The van der Waals surface area contributed by atoms with Crippen LogP contribution in [0.1, 0.15) is 30.6 Å². The van der Waals surface area contributed by atoms with E-state index < -0.39 is 0 Å². The van der Waals surface area contributed by atoms with Crippen LogP contribution >= 0.6 is 0 Å². The molecule has 0 atom stereocenters. The molecular weight excluding hydrogens is 220 g/mol. The Kier molecular flexibility index (Phi) is 4.51. The van der Waals surface area contributed by atoms with Gasteiger partial charge >= 0.3 is 0 Å². The van der Waals surface area contributed by atoms with E-state index in [0.717, 1.165) is 6.42 Å². The molecule has 0 radical (unpaired) electrons. The van der Waals surface area contributed by atoms with Crippen LogP contribution in [0.25, 0.3) is 0 Å². The van der Waals surface area contributed by atoms with Gasteiger partial charge in [-0.15, -0.1) is 0 Å². The number of rotatable bonds is 6. The van der Waals surface area contributed by atoms with Gasteiger partial charge in [-0.25, -0.2) is 0 Å². The first-order valence-electron chi connectivity index (χ1n) is 5.52. The second-order valence-corrected chi connectivity index (χ2v) is 4.79. The lowest BCUT2D eigenvalue weighted by atomic mass is 9.89. The quantitative estimate of drug-likeness (QED) is 0.685. The molecule has 0 aliphatic rings. The SMILES string of the molecule is COCCC(C)(C)CNC(=O)c1cn[nH]c1N. The van der Waals surface area contributed by atoms with Crippen LogP contribution in [0.2, 0.25) is 0 Å². The van der Waals surface area contributed by atoms with Crippen molar-refractivity contribution in [2.45, 2.75) is 20.3 Å². The number of anilines is 1. The number of aromatic amines is 1. The fourth-order valence-corrected chi connectivity index (χ4v) is 1.36. The summed E-state index contributed by atoms with van der Waals surface area (Å²) in [5.41, 5.74) is 5.93. The van der Waals surface area contributed by atoms with E-state index in [4.69, 9.17) is 10.5 Å². The highest BCUT2D eigenvalue weighted by Crippen LogP contribution is 2.19. The summed E-state index contributed by atoms with van der Waals surface area (Å²) in [6.45, 7) is 5.40. The van der Waals surface area contributed by atoms with Gasteiger partial charge in [-0.1, -0.05) is 13.8 Å². The van der Waals surface area contributed by atoms with Gasteiger partial charge in [0.05, 0.1) is 6.20 Å². The Morgan fingerprint density at radius 2 is 2.35 bits per heavy atom. The van der Waals surface area contributed by atoms with E-state index in [1.165, 1.54) is 6.20 Å². The van der Waals surface area contributed by atoms with E-state index in [-0.39, 0.29) is 17.1 Å². The average Bonchev–Trinajstić information content (AvgIpc) is 2.70. The Hall–Kier alpha value is -1.56. The molecule has 4 N–H and O–H groups in total. The van der Waals surface area contributed by atoms with Gasteiger partial charge in [-0.3, -0.25) is 9.89 Å². The molecular formula is C11H20N4O2. The molecule has 0 spiro atoms. The summed E-state index contributed by atoms with van der Waals surface area (Å²) in [5.74, 6) is 0.0824. The number of nitrogens with two attached hydrogens (primary N) is 1. The van der Waals surface area contributed by atoms with Crippen molar-refractivity contribution >= 4 is 11.7 Å². The average molecular weight is 240 g/mol. The number of hydrogen-bond donors (Lipinski definition) is 3. The largest absolute Gasteiger partial charge is 0.385 e. The van der Waals surface area contributed by atoms with Crippen molar-refractivity contribution in [2.75, 3.05) is 26.0 Å². The van der Waals surface area contributed by atoms with E-state index >= 15 is 0 Å². The van der Waals surface area contributed by atoms with Gasteiger partial charge in [0.15, 0.2) is 0 Å². The lowest BCUT2D eigenvalue weighted by Gasteiger charge is -2.24. The second kappa shape index (κ2) is 5.67. The van der Waals surface area contributed by atoms with Crippen LogP contribution in [0.4, 0.5) is 5.82 Å². The third-order valence-electron chi connectivity index (χ3n) is 2.62. The molecule has 0 aromatic carbocycles. The molecule has 0 aliphatic heterocycles. The van der Waals surface area contributed by atoms with E-state index in [1.807, 2.05) is 0 Å². The summed E-state index contributed by atoms with van der Waals surface area (Å²) in [6, 6.07) is 0. The third kappa shape index (κ3) is 4.07. The summed E-state index contributed by atoms with van der Waals surface area (Å²) in [7, 11) is 1.67. The van der Waals surface area contributed by atoms with E-state index in [1.54, 1.807) is 7.11 Å². The minimum atomic E-state index is -0.207. The second-order valence-electron chi connectivity index (χ2n) is 4.79. The molecule has 0 unspecified atom stereocenters. The van der Waals surface area contributed by atoms with Crippen molar-refractivity contribution in [1.82, 2.24) is 15.5 Å². The molecule has 96 valence electrons. The van der Waals surface area contributed by atoms with Crippen LogP contribution in [0.3, 0.4) is 0 Å². The maximum Gasteiger partial charge on any atom is 0.256 e. The Labute approximate surface area is 101 Å². The molecule has 0 bridgehead atoms. The van der Waals surface area contributed by atoms with Crippen molar-refractivity contribution in [2.24, 2.45) is 5.41 Å². The normalized spacial score (nSPS) is 11.5. The molecule has 0 fully saturated rings. The fourth-order valence-electron chi connectivity index (χ4n) is 1.36. The van der Waals surface area contributed by atoms with Gasteiger partial charge in [0, 0.05) is 20.3 Å². The van der Waals surface area contributed by atoms with E-state index in [9.17, 15) is 4.79 Å². The van der Waals surface area contributed by atoms with Crippen molar-refractivity contribution in [1.29, 1.82) is 0 Å². The third-order valence-corrected chi connectivity index (χ3v) is 2.62. The standard InChI is InChI=1S/C11H20N4O2/c1-11(2,4-5-17-3)7-13-10(16)8-6-14-15-9(8)12/h6H,4-5,7H2,1-3H3,(H,13,16)(H3,12,14,15). The van der Waals surface area contributed by atoms with E-state index in [0.29, 0.717) is 18.7 Å². The Balaban J connectivity index is 2.45. The van der Waals surface area contributed by atoms with Gasteiger partial charge in [-0.2, -0.15) is 5.10 Å². The van der Waals surface area contributed by atoms with Crippen molar-refractivity contribution in [3.63, 3.8) is 0 Å². The number of carbonyl (C=O) groups is 1. The highest BCUT2D eigenvalue weighted by molar-refractivity contribution is 5.98. The van der Waals surface area contributed by atoms with Crippen molar-refractivity contribution in [3.05, 3.63) is 11.8 Å². The van der Waals surface area contributed by atoms with Gasteiger partial charge in [0.1, 0.15) is 11.4 Å². The number of carbonyl (C=O) groups excluding carboxylic acids is 1. The number of aromatic nitrogens is 2. The number of methoxy groups -OCH3 is 1. The Morgan fingerprint density at radius 1 is 1.65 bits per heavy atom. The zero-order valence-electron chi connectivity index (χ0n) is 10.5. The first-order chi connectivity index (χ1) is 7.96. The first-order valence-corrected chi connectivity index (χ1v) is 5.52. The van der Waals surface area contributed by atoms with Gasteiger partial charge in [0.25, 0.3) is 5.91 Å². The summed E-state index contributed by atoms with van der Waals surface area (Å²) < 4.78 is 5.03. The monoisotopic (exact) mass is 240 g/mol. The van der Waals surface area contributed by atoms with Crippen LogP contribution in [0.5, 0.6) is 0 Å². The summed E-state index contributed by atoms with van der Waals surface area (Å²) in [6.07, 6.45) is 2.30. The van der Waals surface area contributed by atoms with Crippen LogP contribution in [0.15, 0.2) is 6.20 Å². The predicted molar refractivity (Wildman–Crippen MR) is 65.6 cm³/mol. The minimum Gasteiger partial charge on any atom is -0.385 e. The van der Waals surface area contributed by atoms with Gasteiger partial charge < -0.3 is 15.8 Å². The Bertz CT molecular complexity index is 373. The Morgan fingerprint density at radius 3 is 2.88 bits per heavy atom. The maximum atomic E-state index is 11.8. The smallest absolute Gasteiger partial charge is 0.256 e. The number of ether oxygens (including phenoxy) is 1. The number of nitrogens with zero attached hydrogens (tertiary/aromatic N) is 1. The number of nitrogen functional groups attached to an aromatic ring is 1. The maximum absolute atomic E-state index is 11.8. The molecule has 6 nitrogen and oxygen atoms in total. The highest BCUT2D eigenvalue weighted by Gasteiger charge is 2.20. The molecule has 0 saturated carbocycles. The van der Waals surface area contributed by atoms with Gasteiger partial charge in [-0.05, 0) is 11.8 Å². The predicted octanol–water partition coefficient (Wildman–Crippen LogP) is 0.784. The molecule has 1 amide bonds. The number of hydrogen-bond acceptors (Lipinski definition) is 4. The number of amides is 1. The summed E-state index contributed by atoms with van der Waals surface area (Å²) >= 11 is 0. The molecule has 1 aromatic heterocycles.